The van der Waals surface area contributed by atoms with Crippen molar-refractivity contribution >= 4 is 23.5 Å². The van der Waals surface area contributed by atoms with E-state index in [0.717, 1.165) is 31.2 Å². The van der Waals surface area contributed by atoms with Crippen molar-refractivity contribution in [2.24, 2.45) is 10.8 Å². The van der Waals surface area contributed by atoms with Gasteiger partial charge in [-0.15, -0.1) is 0 Å². The highest BCUT2D eigenvalue weighted by Crippen LogP contribution is 2.44. The fourth-order valence-electron chi connectivity index (χ4n) is 4.57. The van der Waals surface area contributed by atoms with Crippen LogP contribution in [0.1, 0.15) is 37.7 Å². The average molecular weight is 380 g/mol. The van der Waals surface area contributed by atoms with Gasteiger partial charge in [0.15, 0.2) is 0 Å². The molecular weight excluding hydrogens is 354 g/mol. The summed E-state index contributed by atoms with van der Waals surface area (Å²) < 4.78 is 5.14. The van der Waals surface area contributed by atoms with Crippen LogP contribution in [0.25, 0.3) is 0 Å². The molecule has 0 bridgehead atoms. The summed E-state index contributed by atoms with van der Waals surface area (Å²) in [5.41, 5.74) is -0.361. The summed E-state index contributed by atoms with van der Waals surface area (Å²) in [6.07, 6.45) is 4.85. The molecule has 1 unspecified atom stereocenters. The van der Waals surface area contributed by atoms with E-state index in [9.17, 15) is 14.7 Å². The van der Waals surface area contributed by atoms with E-state index in [-0.39, 0.29) is 19.1 Å². The zero-order valence-electron chi connectivity index (χ0n) is 15.2. The maximum absolute atomic E-state index is 13.4. The van der Waals surface area contributed by atoms with Crippen LogP contribution >= 0.6 is 11.6 Å². The number of methoxy groups -OCH3 is 1. The van der Waals surface area contributed by atoms with Gasteiger partial charge in [-0.25, -0.2) is 0 Å². The number of hydrogen-bond acceptors (Lipinski definition) is 3. The van der Waals surface area contributed by atoms with Crippen LogP contribution in [0.5, 0.6) is 0 Å². The number of carboxylic acids is 1. The first-order valence-electron chi connectivity index (χ1n) is 9.17. The van der Waals surface area contributed by atoms with Crippen LogP contribution in [-0.2, 0) is 20.7 Å². The number of amides is 1. The number of rotatable bonds is 6. The number of benzene rings is 1. The number of carbonyl (C=O) groups excluding carboxylic acids is 1. The Morgan fingerprint density at radius 3 is 2.58 bits per heavy atom. The van der Waals surface area contributed by atoms with E-state index in [0.29, 0.717) is 24.4 Å². The van der Waals surface area contributed by atoms with Crippen LogP contribution < -0.4 is 0 Å². The zero-order valence-corrected chi connectivity index (χ0v) is 15.9. The molecule has 0 aromatic heterocycles. The topological polar surface area (TPSA) is 66.8 Å². The minimum absolute atomic E-state index is 0.0919. The molecule has 6 heteroatoms. The maximum atomic E-state index is 13.4. The second-order valence-electron chi connectivity index (χ2n) is 7.79. The number of carbonyl (C=O) groups is 2. The monoisotopic (exact) mass is 379 g/mol. The van der Waals surface area contributed by atoms with E-state index >= 15 is 0 Å². The molecule has 1 aromatic carbocycles. The Labute approximate surface area is 159 Å². The van der Waals surface area contributed by atoms with E-state index in [1.165, 1.54) is 7.11 Å². The summed E-state index contributed by atoms with van der Waals surface area (Å²) in [4.78, 5) is 27.0. The first kappa shape index (κ1) is 19.2. The Morgan fingerprint density at radius 1 is 1.23 bits per heavy atom. The molecule has 0 spiro atoms. The lowest BCUT2D eigenvalue weighted by molar-refractivity contribution is -0.152. The molecule has 1 atom stereocenters. The van der Waals surface area contributed by atoms with Gasteiger partial charge >= 0.3 is 5.97 Å². The molecule has 1 aliphatic heterocycles. The molecule has 1 amide bonds. The van der Waals surface area contributed by atoms with Crippen LogP contribution in [0, 0.1) is 10.8 Å². The van der Waals surface area contributed by atoms with Gasteiger partial charge in [-0.05, 0) is 43.4 Å². The van der Waals surface area contributed by atoms with Crippen molar-refractivity contribution < 1.29 is 19.4 Å². The Bertz CT molecular complexity index is 686. The number of nitrogens with zero attached hydrogens (tertiary/aromatic N) is 1. The van der Waals surface area contributed by atoms with Crippen molar-refractivity contribution in [3.05, 3.63) is 34.9 Å². The lowest BCUT2D eigenvalue weighted by Gasteiger charge is -2.33. The Balaban J connectivity index is 1.80. The number of likely N-dealkylation sites (tertiary alicyclic amines) is 1. The van der Waals surface area contributed by atoms with E-state index < -0.39 is 16.8 Å². The summed E-state index contributed by atoms with van der Waals surface area (Å²) in [6.45, 7) is 0.839. The number of aliphatic carboxylic acids is 1. The second-order valence-corrected chi connectivity index (χ2v) is 8.23. The van der Waals surface area contributed by atoms with Crippen molar-refractivity contribution in [3.63, 3.8) is 0 Å². The minimum Gasteiger partial charge on any atom is -0.481 e. The Kier molecular flexibility index (Phi) is 5.58. The first-order chi connectivity index (χ1) is 12.4. The summed E-state index contributed by atoms with van der Waals surface area (Å²) in [7, 11) is 1.51. The fraction of sp³-hybridized carbons (Fsp3) is 0.600. The van der Waals surface area contributed by atoms with Crippen molar-refractivity contribution in [1.82, 2.24) is 4.90 Å². The number of ether oxygens (including phenoxy) is 1. The van der Waals surface area contributed by atoms with Crippen LogP contribution in [0.3, 0.4) is 0 Å². The third-order valence-corrected chi connectivity index (χ3v) is 6.20. The van der Waals surface area contributed by atoms with Crippen molar-refractivity contribution in [1.29, 1.82) is 0 Å². The maximum Gasteiger partial charge on any atom is 0.313 e. The van der Waals surface area contributed by atoms with Gasteiger partial charge in [0.1, 0.15) is 5.41 Å². The number of halogens is 1. The van der Waals surface area contributed by atoms with Gasteiger partial charge in [-0.2, -0.15) is 0 Å². The molecule has 0 radical (unpaired) electrons. The summed E-state index contributed by atoms with van der Waals surface area (Å²) in [6, 6.07) is 7.68. The average Bonchev–Trinajstić information content (AvgIpc) is 3.23. The van der Waals surface area contributed by atoms with Gasteiger partial charge in [-0.1, -0.05) is 36.6 Å². The quantitative estimate of drug-likeness (QED) is 0.822. The molecule has 5 nitrogen and oxygen atoms in total. The fourth-order valence-corrected chi connectivity index (χ4v) is 4.78. The highest BCUT2D eigenvalue weighted by atomic mass is 35.5. The molecular formula is C20H26ClNO4. The van der Waals surface area contributed by atoms with Crippen molar-refractivity contribution in [3.8, 4) is 0 Å². The third kappa shape index (κ3) is 3.60. The van der Waals surface area contributed by atoms with Gasteiger partial charge in [0.05, 0.1) is 12.0 Å². The lowest BCUT2D eigenvalue weighted by Crippen LogP contribution is -2.45. The standard InChI is InChI=1S/C20H26ClNO4/c1-26-14-20(18(24)25)9-10-22(13-20)17(23)19(7-2-3-8-19)12-15-5-4-6-16(21)11-15/h4-6,11H,2-3,7-10,12-14H2,1H3,(H,24,25). The predicted octanol–water partition coefficient (Wildman–Crippen LogP) is 3.39. The molecule has 1 saturated carbocycles. The van der Waals surface area contributed by atoms with Crippen LogP contribution in [0.15, 0.2) is 24.3 Å². The zero-order chi connectivity index (χ0) is 18.8. The summed E-state index contributed by atoms with van der Waals surface area (Å²) in [5, 5.41) is 10.3. The first-order valence-corrected chi connectivity index (χ1v) is 9.55. The van der Waals surface area contributed by atoms with Gasteiger partial charge in [0.2, 0.25) is 5.91 Å². The van der Waals surface area contributed by atoms with E-state index in [4.69, 9.17) is 16.3 Å². The van der Waals surface area contributed by atoms with Gasteiger partial charge in [-0.3, -0.25) is 9.59 Å². The smallest absolute Gasteiger partial charge is 0.313 e. The molecule has 1 saturated heterocycles. The van der Waals surface area contributed by atoms with Gasteiger partial charge in [0, 0.05) is 25.2 Å². The highest BCUT2D eigenvalue weighted by molar-refractivity contribution is 6.30. The Morgan fingerprint density at radius 2 is 1.96 bits per heavy atom. The molecule has 142 valence electrons. The normalized spacial score (nSPS) is 24.8. The van der Waals surface area contributed by atoms with Gasteiger partial charge < -0.3 is 14.7 Å². The molecule has 1 N–H and O–H groups in total. The largest absolute Gasteiger partial charge is 0.481 e. The SMILES string of the molecule is COCC1(C(=O)O)CCN(C(=O)C2(Cc3cccc(Cl)c3)CCCC2)C1. The van der Waals surface area contributed by atoms with Crippen molar-refractivity contribution in [2.75, 3.05) is 26.8 Å². The van der Waals surface area contributed by atoms with Crippen LogP contribution in [-0.4, -0.2) is 48.7 Å². The van der Waals surface area contributed by atoms with Crippen molar-refractivity contribution in [2.45, 2.75) is 38.5 Å². The molecule has 2 fully saturated rings. The van der Waals surface area contributed by atoms with Crippen LogP contribution in [0.4, 0.5) is 0 Å². The molecule has 26 heavy (non-hydrogen) atoms. The van der Waals surface area contributed by atoms with E-state index in [2.05, 4.69) is 0 Å². The Hall–Kier alpha value is -1.59. The molecule has 1 aromatic rings. The predicted molar refractivity (Wildman–Crippen MR) is 99.2 cm³/mol. The molecule has 3 rings (SSSR count). The summed E-state index contributed by atoms with van der Waals surface area (Å²) in [5.74, 6) is -0.792. The third-order valence-electron chi connectivity index (χ3n) is 5.96. The minimum atomic E-state index is -0.986. The molecule has 2 aliphatic rings. The summed E-state index contributed by atoms with van der Waals surface area (Å²) >= 11 is 6.11. The van der Waals surface area contributed by atoms with Gasteiger partial charge in [0.25, 0.3) is 0 Å². The number of carboxylic acid groups (broad SMARTS) is 1. The molecule has 1 aliphatic carbocycles. The van der Waals surface area contributed by atoms with E-state index in [1.807, 2.05) is 24.3 Å². The molecule has 1 heterocycles. The van der Waals surface area contributed by atoms with E-state index in [1.54, 1.807) is 4.90 Å². The number of hydrogen-bond donors (Lipinski definition) is 1. The lowest BCUT2D eigenvalue weighted by atomic mass is 9.78. The highest BCUT2D eigenvalue weighted by Gasteiger charge is 2.51. The second kappa shape index (κ2) is 7.57. The van der Waals surface area contributed by atoms with Crippen LogP contribution in [0.2, 0.25) is 5.02 Å².